The summed E-state index contributed by atoms with van der Waals surface area (Å²) in [6.07, 6.45) is 4.60. The summed E-state index contributed by atoms with van der Waals surface area (Å²) >= 11 is 0. The van der Waals surface area contributed by atoms with Crippen molar-refractivity contribution in [3.63, 3.8) is 0 Å². The van der Waals surface area contributed by atoms with Crippen LogP contribution in [0.5, 0.6) is 0 Å². The molecule has 2 aliphatic heterocycles. The van der Waals surface area contributed by atoms with Crippen LogP contribution in [0.25, 0.3) is 66.7 Å². The predicted octanol–water partition coefficient (Wildman–Crippen LogP) is 10.5. The quantitative estimate of drug-likeness (QED) is 0.174. The second-order valence-electron chi connectivity index (χ2n) is 14.9. The number of nitrogens with zero attached hydrogens (tertiary/aromatic N) is 3. The zero-order valence-electron chi connectivity index (χ0n) is 28.8. The molecular formula is C47H35N3O+2. The molecule has 10 rings (SSSR count). The average molecular weight is 658 g/mol. The lowest BCUT2D eigenvalue weighted by molar-refractivity contribution is -0.799. The lowest BCUT2D eigenvalue weighted by Crippen LogP contribution is -2.60. The highest BCUT2D eigenvalue weighted by Gasteiger charge is 2.53. The van der Waals surface area contributed by atoms with Crippen molar-refractivity contribution >= 4 is 21.9 Å². The lowest BCUT2D eigenvalue weighted by atomic mass is 9.78. The Bertz CT molecular complexity index is 2740. The predicted molar refractivity (Wildman–Crippen MR) is 202 cm³/mol. The molecule has 2 unspecified atom stereocenters. The molecule has 0 radical (unpaired) electrons. The van der Waals surface area contributed by atoms with E-state index in [4.69, 9.17) is 4.42 Å². The van der Waals surface area contributed by atoms with Crippen molar-refractivity contribution in [2.75, 3.05) is 0 Å². The average Bonchev–Trinajstić information content (AvgIpc) is 3.56. The number of rotatable bonds is 2. The van der Waals surface area contributed by atoms with Crippen molar-refractivity contribution in [2.24, 2.45) is 0 Å². The van der Waals surface area contributed by atoms with E-state index in [-0.39, 0.29) is 17.5 Å². The topological polar surface area (TPSA) is 44.7 Å². The van der Waals surface area contributed by atoms with Crippen LogP contribution in [0.2, 0.25) is 0 Å². The SMILES string of the molecule is CC(C)(C)c1ccc2[n+](c1)C1c3ccc4c(oc5c(-c6ccc(-c7ccccc7)cc6)c(C#N)ccc54)c3-c3cccc[n+]3C1c1ccccc1-2. The molecule has 0 spiro atoms. The maximum absolute atomic E-state index is 10.4. The van der Waals surface area contributed by atoms with Crippen molar-refractivity contribution in [2.45, 2.75) is 38.3 Å². The number of fused-ring (bicyclic) bond motifs is 15. The zero-order chi connectivity index (χ0) is 34.4. The highest BCUT2D eigenvalue weighted by Crippen LogP contribution is 2.49. The molecule has 5 aromatic carbocycles. The van der Waals surface area contributed by atoms with Gasteiger partial charge in [0.05, 0.1) is 22.8 Å². The Balaban J connectivity index is 1.24. The fraction of sp³-hybridized carbons (Fsp3) is 0.128. The first kappa shape index (κ1) is 29.6. The molecule has 0 bridgehead atoms. The molecule has 3 aromatic heterocycles. The molecule has 0 N–H and O–H groups in total. The highest BCUT2D eigenvalue weighted by atomic mass is 16.3. The van der Waals surface area contributed by atoms with Gasteiger partial charge in [-0.2, -0.15) is 14.4 Å². The zero-order valence-corrected chi connectivity index (χ0v) is 28.8. The Morgan fingerprint density at radius 3 is 2.02 bits per heavy atom. The van der Waals surface area contributed by atoms with E-state index in [1.807, 2.05) is 12.1 Å². The van der Waals surface area contributed by atoms with Gasteiger partial charge in [-0.05, 0) is 58.5 Å². The van der Waals surface area contributed by atoms with Crippen LogP contribution in [0.4, 0.5) is 0 Å². The van der Waals surface area contributed by atoms with Gasteiger partial charge in [-0.3, -0.25) is 0 Å². The van der Waals surface area contributed by atoms with Crippen LogP contribution in [0, 0.1) is 11.3 Å². The molecule has 51 heavy (non-hydrogen) atoms. The Morgan fingerprint density at radius 2 is 1.24 bits per heavy atom. The largest absolute Gasteiger partial charge is 0.454 e. The van der Waals surface area contributed by atoms with Crippen LogP contribution >= 0.6 is 0 Å². The van der Waals surface area contributed by atoms with Gasteiger partial charge in [0.25, 0.3) is 6.04 Å². The van der Waals surface area contributed by atoms with Gasteiger partial charge in [0, 0.05) is 51.2 Å². The normalized spacial score (nSPS) is 15.7. The fourth-order valence-electron chi connectivity index (χ4n) is 8.53. The molecule has 2 atom stereocenters. The summed E-state index contributed by atoms with van der Waals surface area (Å²) in [4.78, 5) is 0. The first-order valence-electron chi connectivity index (χ1n) is 17.6. The summed E-state index contributed by atoms with van der Waals surface area (Å²) < 4.78 is 12.0. The number of pyridine rings is 2. The molecule has 0 fully saturated rings. The Labute approximate surface area is 297 Å². The van der Waals surface area contributed by atoms with E-state index in [0.717, 1.165) is 55.4 Å². The number of benzene rings is 5. The summed E-state index contributed by atoms with van der Waals surface area (Å²) in [5.41, 5.74) is 14.8. The van der Waals surface area contributed by atoms with E-state index < -0.39 is 0 Å². The number of nitriles is 1. The lowest BCUT2D eigenvalue weighted by Gasteiger charge is -2.32. The van der Waals surface area contributed by atoms with Gasteiger partial charge < -0.3 is 4.42 Å². The molecular weight excluding hydrogens is 623 g/mol. The van der Waals surface area contributed by atoms with Crippen LogP contribution in [0.1, 0.15) is 55.1 Å². The summed E-state index contributed by atoms with van der Waals surface area (Å²) in [6, 6.07) is 49.8. The first-order chi connectivity index (χ1) is 24.9. The molecule has 4 nitrogen and oxygen atoms in total. The second kappa shape index (κ2) is 10.8. The van der Waals surface area contributed by atoms with E-state index >= 15 is 0 Å². The number of hydrogen-bond donors (Lipinski definition) is 0. The Hall–Kier alpha value is -6.31. The van der Waals surface area contributed by atoms with Gasteiger partial charge in [-0.15, -0.1) is 0 Å². The molecule has 0 amide bonds. The van der Waals surface area contributed by atoms with Crippen LogP contribution in [-0.2, 0) is 5.41 Å². The molecule has 0 saturated heterocycles. The second-order valence-corrected chi connectivity index (χ2v) is 14.9. The smallest absolute Gasteiger partial charge is 0.250 e. The molecule has 2 aliphatic rings. The standard InChI is InChI=1S/C47H35N3O/c1-47(2,3)33-21-25-39-34-13-7-8-14-35(34)43-44(50(39)28-33)38-24-23-37-36-22-20-32(27-48)41(31-18-16-30(17-19-31)29-11-5-4-6-12-29)45(36)51-46(37)42(38)40-15-9-10-26-49(40)43/h4-26,28,43-44H,1-3H3/q+2. The molecule has 5 heterocycles. The van der Waals surface area contributed by atoms with Gasteiger partial charge in [0.2, 0.25) is 17.4 Å². The highest BCUT2D eigenvalue weighted by molar-refractivity contribution is 6.14. The van der Waals surface area contributed by atoms with Gasteiger partial charge in [-0.25, -0.2) is 0 Å². The molecule has 4 heteroatoms. The minimum Gasteiger partial charge on any atom is -0.454 e. The van der Waals surface area contributed by atoms with Crippen molar-refractivity contribution < 1.29 is 13.6 Å². The van der Waals surface area contributed by atoms with Crippen LogP contribution < -0.4 is 9.13 Å². The summed E-state index contributed by atoms with van der Waals surface area (Å²) in [6.45, 7) is 6.84. The maximum Gasteiger partial charge on any atom is 0.250 e. The Kier molecular flexibility index (Phi) is 6.29. The molecule has 8 aromatic rings. The first-order valence-corrected chi connectivity index (χ1v) is 17.6. The minimum atomic E-state index is -0.00607. The van der Waals surface area contributed by atoms with Crippen molar-refractivity contribution in [1.29, 1.82) is 5.26 Å². The third-order valence-corrected chi connectivity index (χ3v) is 11.0. The van der Waals surface area contributed by atoms with E-state index in [1.165, 1.54) is 27.9 Å². The van der Waals surface area contributed by atoms with Gasteiger partial charge in [0.1, 0.15) is 11.2 Å². The number of aromatic nitrogens is 2. The molecule has 0 saturated carbocycles. The maximum atomic E-state index is 10.4. The third kappa shape index (κ3) is 4.31. The van der Waals surface area contributed by atoms with Crippen LogP contribution in [0.3, 0.4) is 0 Å². The van der Waals surface area contributed by atoms with E-state index in [9.17, 15) is 5.26 Å². The van der Waals surface area contributed by atoms with Crippen molar-refractivity contribution in [3.05, 3.63) is 168 Å². The molecule has 0 aliphatic carbocycles. The van der Waals surface area contributed by atoms with Crippen LogP contribution in [0.15, 0.2) is 150 Å². The van der Waals surface area contributed by atoms with Gasteiger partial charge in [-0.1, -0.05) is 99.6 Å². The minimum absolute atomic E-state index is 0.00406. The Morgan fingerprint density at radius 1 is 0.569 bits per heavy atom. The summed E-state index contributed by atoms with van der Waals surface area (Å²) in [7, 11) is 0. The van der Waals surface area contributed by atoms with E-state index in [1.54, 1.807) is 0 Å². The number of hydrogen-bond acceptors (Lipinski definition) is 2. The van der Waals surface area contributed by atoms with Crippen molar-refractivity contribution in [3.8, 4) is 50.8 Å². The van der Waals surface area contributed by atoms with Gasteiger partial charge in [0.15, 0.2) is 12.4 Å². The van der Waals surface area contributed by atoms with E-state index in [0.29, 0.717) is 5.56 Å². The molecule has 242 valence electrons. The van der Waals surface area contributed by atoms with Crippen LogP contribution in [-0.4, -0.2) is 0 Å². The van der Waals surface area contributed by atoms with Gasteiger partial charge >= 0.3 is 0 Å². The number of furan rings is 1. The fourth-order valence-corrected chi connectivity index (χ4v) is 8.53. The third-order valence-electron chi connectivity index (χ3n) is 11.0. The van der Waals surface area contributed by atoms with Crippen molar-refractivity contribution in [1.82, 2.24) is 0 Å². The summed E-state index contributed by atoms with van der Waals surface area (Å²) in [5.74, 6) is 0. The summed E-state index contributed by atoms with van der Waals surface area (Å²) in [5, 5.41) is 12.4. The van der Waals surface area contributed by atoms with E-state index in [2.05, 4.69) is 170 Å². The monoisotopic (exact) mass is 657 g/mol.